The fourth-order valence-electron chi connectivity index (χ4n) is 4.78. The van der Waals surface area contributed by atoms with Crippen molar-refractivity contribution < 1.29 is 9.47 Å². The third-order valence-corrected chi connectivity index (χ3v) is 7.59. The zero-order valence-corrected chi connectivity index (χ0v) is 19.7. The average Bonchev–Trinajstić information content (AvgIpc) is 3.41. The lowest BCUT2D eigenvalue weighted by atomic mass is 9.85. The molecule has 7 heteroatoms. The molecule has 4 aromatic rings. The number of ether oxygens (including phenoxy) is 2. The van der Waals surface area contributed by atoms with Gasteiger partial charge in [0, 0.05) is 24.7 Å². The van der Waals surface area contributed by atoms with E-state index in [-0.39, 0.29) is 0 Å². The molecule has 1 saturated carbocycles. The number of benzene rings is 2. The highest BCUT2D eigenvalue weighted by atomic mass is 32.1. The van der Waals surface area contributed by atoms with E-state index in [1.165, 1.54) is 42.4 Å². The molecular weight excluding hydrogens is 420 g/mol. The summed E-state index contributed by atoms with van der Waals surface area (Å²) < 4.78 is 14.2. The summed E-state index contributed by atoms with van der Waals surface area (Å²) in [5.41, 5.74) is 4.20. The van der Waals surface area contributed by atoms with Crippen molar-refractivity contribution >= 4 is 37.7 Å². The standard InChI is InChI=1S/C25H30N4O2S/c1-16(18-7-5-4-6-8-18)27-25-28-19-10-9-17(11-24(19)32-25)14-29-15-26-20-12-22(30-2)23(31-3)13-21(20)29/h9-13,15-16,18H,4-8,14H2,1-3H3,(H,27,28). The minimum absolute atomic E-state index is 0.472. The summed E-state index contributed by atoms with van der Waals surface area (Å²) in [6, 6.07) is 10.9. The predicted octanol–water partition coefficient (Wildman–Crippen LogP) is 6.09. The van der Waals surface area contributed by atoms with Gasteiger partial charge in [0.25, 0.3) is 0 Å². The predicted molar refractivity (Wildman–Crippen MR) is 131 cm³/mol. The second-order valence-electron chi connectivity index (χ2n) is 8.72. The summed E-state index contributed by atoms with van der Waals surface area (Å²) in [5.74, 6) is 2.16. The van der Waals surface area contributed by atoms with Gasteiger partial charge in [-0.05, 0) is 43.4 Å². The van der Waals surface area contributed by atoms with Crippen molar-refractivity contribution in [3.8, 4) is 11.5 Å². The Morgan fingerprint density at radius 2 is 1.84 bits per heavy atom. The van der Waals surface area contributed by atoms with Gasteiger partial charge in [0.15, 0.2) is 16.6 Å². The minimum atomic E-state index is 0.472. The Kier molecular flexibility index (Phi) is 5.91. The quantitative estimate of drug-likeness (QED) is 0.369. The van der Waals surface area contributed by atoms with Crippen LogP contribution in [-0.4, -0.2) is 34.8 Å². The molecule has 1 aliphatic rings. The van der Waals surface area contributed by atoms with Gasteiger partial charge in [-0.25, -0.2) is 9.97 Å². The van der Waals surface area contributed by atoms with Crippen LogP contribution < -0.4 is 14.8 Å². The smallest absolute Gasteiger partial charge is 0.184 e. The monoisotopic (exact) mass is 450 g/mol. The largest absolute Gasteiger partial charge is 0.493 e. The summed E-state index contributed by atoms with van der Waals surface area (Å²) in [6.07, 6.45) is 8.65. The van der Waals surface area contributed by atoms with E-state index in [9.17, 15) is 0 Å². The zero-order chi connectivity index (χ0) is 22.1. The molecule has 0 amide bonds. The van der Waals surface area contributed by atoms with Crippen LogP contribution in [0.25, 0.3) is 21.3 Å². The Balaban J connectivity index is 1.36. The van der Waals surface area contributed by atoms with Crippen molar-refractivity contribution in [3.63, 3.8) is 0 Å². The number of thiazole rings is 1. The number of hydrogen-bond acceptors (Lipinski definition) is 6. The second kappa shape index (κ2) is 8.98. The van der Waals surface area contributed by atoms with E-state index < -0.39 is 0 Å². The first-order valence-electron chi connectivity index (χ1n) is 11.4. The molecule has 0 saturated heterocycles. The van der Waals surface area contributed by atoms with Gasteiger partial charge < -0.3 is 19.4 Å². The third-order valence-electron chi connectivity index (χ3n) is 6.64. The normalized spacial score (nSPS) is 15.8. The molecule has 1 aliphatic carbocycles. The fraction of sp³-hybridized carbons (Fsp3) is 0.440. The topological polar surface area (TPSA) is 61.2 Å². The van der Waals surface area contributed by atoms with Gasteiger partial charge in [-0.15, -0.1) is 0 Å². The number of rotatable bonds is 7. The summed E-state index contributed by atoms with van der Waals surface area (Å²) in [4.78, 5) is 9.39. The number of anilines is 1. The van der Waals surface area contributed by atoms with Crippen LogP contribution in [0.2, 0.25) is 0 Å². The van der Waals surface area contributed by atoms with Crippen LogP contribution in [0.4, 0.5) is 5.13 Å². The maximum Gasteiger partial charge on any atom is 0.184 e. The number of nitrogens with one attached hydrogen (secondary N) is 1. The van der Waals surface area contributed by atoms with Crippen LogP contribution in [0.1, 0.15) is 44.6 Å². The van der Waals surface area contributed by atoms with Crippen LogP contribution in [0.15, 0.2) is 36.7 Å². The van der Waals surface area contributed by atoms with E-state index in [1.807, 2.05) is 18.5 Å². The maximum absolute atomic E-state index is 5.48. The van der Waals surface area contributed by atoms with E-state index >= 15 is 0 Å². The summed E-state index contributed by atoms with van der Waals surface area (Å²) in [5, 5.41) is 4.71. The SMILES string of the molecule is COc1cc2ncn(Cc3ccc4nc(NC(C)C5CCCCC5)sc4c3)c2cc1OC. The zero-order valence-electron chi connectivity index (χ0n) is 18.9. The molecule has 1 fully saturated rings. The molecule has 6 nitrogen and oxygen atoms in total. The molecule has 1 unspecified atom stereocenters. The van der Waals surface area contributed by atoms with Crippen LogP contribution >= 0.6 is 11.3 Å². The van der Waals surface area contributed by atoms with Crippen molar-refractivity contribution in [2.75, 3.05) is 19.5 Å². The molecule has 0 spiro atoms. The second-order valence-corrected chi connectivity index (χ2v) is 9.75. The van der Waals surface area contributed by atoms with Crippen molar-refractivity contribution in [1.29, 1.82) is 0 Å². The Morgan fingerprint density at radius 1 is 1.06 bits per heavy atom. The lowest BCUT2D eigenvalue weighted by Gasteiger charge is -2.28. The number of methoxy groups -OCH3 is 2. The summed E-state index contributed by atoms with van der Waals surface area (Å²) in [6.45, 7) is 3.04. The van der Waals surface area contributed by atoms with E-state index in [2.05, 4.69) is 40.0 Å². The number of hydrogen-bond donors (Lipinski definition) is 1. The van der Waals surface area contributed by atoms with Crippen molar-refractivity contribution in [2.45, 2.75) is 51.6 Å². The molecule has 2 heterocycles. The number of nitrogens with zero attached hydrogens (tertiary/aromatic N) is 3. The summed E-state index contributed by atoms with van der Waals surface area (Å²) in [7, 11) is 3.30. The minimum Gasteiger partial charge on any atom is -0.493 e. The average molecular weight is 451 g/mol. The van der Waals surface area contributed by atoms with Gasteiger partial charge in [-0.1, -0.05) is 36.7 Å². The molecule has 0 radical (unpaired) electrons. The maximum atomic E-state index is 5.48. The first kappa shape index (κ1) is 21.1. The molecule has 0 aliphatic heterocycles. The molecule has 2 aromatic carbocycles. The Morgan fingerprint density at radius 3 is 2.62 bits per heavy atom. The lowest BCUT2D eigenvalue weighted by molar-refractivity contribution is 0.328. The molecule has 5 rings (SSSR count). The highest BCUT2D eigenvalue weighted by Crippen LogP contribution is 2.33. The number of fused-ring (bicyclic) bond motifs is 2. The van der Waals surface area contributed by atoms with Gasteiger partial charge in [0.2, 0.25) is 0 Å². The molecular formula is C25H30N4O2S. The van der Waals surface area contributed by atoms with Gasteiger partial charge in [-0.3, -0.25) is 0 Å². The van der Waals surface area contributed by atoms with Crippen molar-refractivity contribution in [2.24, 2.45) is 5.92 Å². The molecule has 1 atom stereocenters. The fourth-order valence-corrected chi connectivity index (χ4v) is 5.81. The van der Waals surface area contributed by atoms with Gasteiger partial charge in [0.1, 0.15) is 0 Å². The Hall–Kier alpha value is -2.80. The third kappa shape index (κ3) is 4.13. The molecule has 2 aromatic heterocycles. The van der Waals surface area contributed by atoms with E-state index in [4.69, 9.17) is 14.5 Å². The van der Waals surface area contributed by atoms with Gasteiger partial charge in [0.05, 0.1) is 41.8 Å². The molecule has 168 valence electrons. The van der Waals surface area contributed by atoms with Crippen LogP contribution in [0, 0.1) is 5.92 Å². The lowest BCUT2D eigenvalue weighted by Crippen LogP contribution is -2.27. The van der Waals surface area contributed by atoms with Crippen LogP contribution in [-0.2, 0) is 6.54 Å². The van der Waals surface area contributed by atoms with Crippen molar-refractivity contribution in [3.05, 3.63) is 42.2 Å². The molecule has 32 heavy (non-hydrogen) atoms. The molecule has 1 N–H and O–H groups in total. The first-order chi connectivity index (χ1) is 15.6. The van der Waals surface area contributed by atoms with Crippen LogP contribution in [0.5, 0.6) is 11.5 Å². The first-order valence-corrected chi connectivity index (χ1v) is 12.2. The Labute approximate surface area is 192 Å². The highest BCUT2D eigenvalue weighted by Gasteiger charge is 2.21. The van der Waals surface area contributed by atoms with Gasteiger partial charge in [-0.2, -0.15) is 0 Å². The molecule has 0 bridgehead atoms. The summed E-state index contributed by atoms with van der Waals surface area (Å²) >= 11 is 1.75. The highest BCUT2D eigenvalue weighted by molar-refractivity contribution is 7.22. The van der Waals surface area contributed by atoms with E-state index in [0.717, 1.165) is 34.1 Å². The van der Waals surface area contributed by atoms with E-state index in [0.29, 0.717) is 17.5 Å². The van der Waals surface area contributed by atoms with E-state index in [1.54, 1.807) is 25.6 Å². The van der Waals surface area contributed by atoms with Crippen LogP contribution in [0.3, 0.4) is 0 Å². The Bertz CT molecular complexity index is 1230. The number of aromatic nitrogens is 3. The number of imidazole rings is 1. The van der Waals surface area contributed by atoms with Crippen molar-refractivity contribution in [1.82, 2.24) is 14.5 Å². The van der Waals surface area contributed by atoms with Gasteiger partial charge >= 0.3 is 0 Å².